The number of piperidine rings is 1. The molecule has 5 nitrogen and oxygen atoms in total. The first-order chi connectivity index (χ1) is 13.6. The topological polar surface area (TPSA) is 50.8 Å². The van der Waals surface area contributed by atoms with Crippen LogP contribution in [0.25, 0.3) is 0 Å². The van der Waals surface area contributed by atoms with Gasteiger partial charge in [0.05, 0.1) is 7.11 Å². The van der Waals surface area contributed by atoms with Crippen LogP contribution in [0.3, 0.4) is 0 Å². The Bertz CT molecular complexity index is 772. The average molecular weight is 383 g/mol. The number of rotatable bonds is 8. The van der Waals surface area contributed by atoms with Gasteiger partial charge in [-0.05, 0) is 56.1 Å². The van der Waals surface area contributed by atoms with Gasteiger partial charge in [0.1, 0.15) is 11.5 Å². The third kappa shape index (κ3) is 5.99. The molecule has 2 aromatic rings. The van der Waals surface area contributed by atoms with Crippen molar-refractivity contribution in [1.82, 2.24) is 10.2 Å². The van der Waals surface area contributed by atoms with Gasteiger partial charge in [-0.2, -0.15) is 0 Å². The second kappa shape index (κ2) is 10.1. The van der Waals surface area contributed by atoms with Gasteiger partial charge in [-0.15, -0.1) is 0 Å². The highest BCUT2D eigenvalue weighted by Crippen LogP contribution is 2.20. The zero-order valence-electron chi connectivity index (χ0n) is 16.8. The third-order valence-corrected chi connectivity index (χ3v) is 5.04. The molecule has 1 fully saturated rings. The maximum absolute atomic E-state index is 12.4. The lowest BCUT2D eigenvalue weighted by atomic mass is 10.1. The SMILES string of the molecule is COc1cccc(O[C@H](C)C(=O)NCc2cccc(CN3CCCCC3)c2)c1. The van der Waals surface area contributed by atoms with Gasteiger partial charge in [-0.3, -0.25) is 9.69 Å². The smallest absolute Gasteiger partial charge is 0.261 e. The first-order valence-electron chi connectivity index (χ1n) is 10.0. The lowest BCUT2D eigenvalue weighted by Crippen LogP contribution is -2.36. The highest BCUT2D eigenvalue weighted by Gasteiger charge is 2.15. The molecular weight excluding hydrogens is 352 g/mol. The molecule has 3 rings (SSSR count). The fourth-order valence-electron chi connectivity index (χ4n) is 3.48. The van der Waals surface area contributed by atoms with Crippen LogP contribution in [0.15, 0.2) is 48.5 Å². The van der Waals surface area contributed by atoms with E-state index in [1.54, 1.807) is 20.1 Å². The fourth-order valence-corrected chi connectivity index (χ4v) is 3.48. The van der Waals surface area contributed by atoms with E-state index >= 15 is 0 Å². The summed E-state index contributed by atoms with van der Waals surface area (Å²) in [5.41, 5.74) is 2.41. The van der Waals surface area contributed by atoms with Gasteiger partial charge in [0, 0.05) is 19.2 Å². The Morgan fingerprint density at radius 1 is 1.04 bits per heavy atom. The summed E-state index contributed by atoms with van der Waals surface area (Å²) >= 11 is 0. The average Bonchev–Trinajstić information content (AvgIpc) is 2.73. The second-order valence-corrected chi connectivity index (χ2v) is 7.31. The molecule has 1 saturated heterocycles. The van der Waals surface area contributed by atoms with Crippen molar-refractivity contribution >= 4 is 5.91 Å². The van der Waals surface area contributed by atoms with Gasteiger partial charge in [0.15, 0.2) is 6.10 Å². The number of ether oxygens (including phenoxy) is 2. The van der Waals surface area contributed by atoms with Crippen LogP contribution in [-0.2, 0) is 17.9 Å². The Labute approximate surface area is 167 Å². The molecule has 0 saturated carbocycles. The highest BCUT2D eigenvalue weighted by molar-refractivity contribution is 5.80. The Hall–Kier alpha value is -2.53. The largest absolute Gasteiger partial charge is 0.497 e. The maximum atomic E-state index is 12.4. The summed E-state index contributed by atoms with van der Waals surface area (Å²) in [4.78, 5) is 14.9. The van der Waals surface area contributed by atoms with Crippen molar-refractivity contribution in [3.63, 3.8) is 0 Å². The first-order valence-corrected chi connectivity index (χ1v) is 10.0. The zero-order valence-corrected chi connectivity index (χ0v) is 16.8. The molecule has 0 spiro atoms. The van der Waals surface area contributed by atoms with Crippen LogP contribution in [-0.4, -0.2) is 37.1 Å². The maximum Gasteiger partial charge on any atom is 0.261 e. The summed E-state index contributed by atoms with van der Waals surface area (Å²) in [6.45, 7) is 5.59. The van der Waals surface area contributed by atoms with Crippen LogP contribution in [0.4, 0.5) is 0 Å². The van der Waals surface area contributed by atoms with Gasteiger partial charge in [0.2, 0.25) is 0 Å². The fraction of sp³-hybridized carbons (Fsp3) is 0.435. The predicted octanol–water partition coefficient (Wildman–Crippen LogP) is 3.76. The predicted molar refractivity (Wildman–Crippen MR) is 111 cm³/mol. The number of amides is 1. The molecule has 1 N–H and O–H groups in total. The summed E-state index contributed by atoms with van der Waals surface area (Å²) in [5.74, 6) is 1.19. The monoisotopic (exact) mass is 382 g/mol. The van der Waals surface area contributed by atoms with Crippen LogP contribution in [0, 0.1) is 0 Å². The Morgan fingerprint density at radius 3 is 2.54 bits per heavy atom. The lowest BCUT2D eigenvalue weighted by molar-refractivity contribution is -0.127. The normalized spacial score (nSPS) is 15.6. The quantitative estimate of drug-likeness (QED) is 0.755. The van der Waals surface area contributed by atoms with Crippen molar-refractivity contribution in [2.45, 2.75) is 45.4 Å². The van der Waals surface area contributed by atoms with E-state index in [2.05, 4.69) is 28.4 Å². The molecule has 0 aromatic heterocycles. The number of nitrogens with one attached hydrogen (secondary N) is 1. The first kappa shape index (κ1) is 20.2. The molecule has 0 radical (unpaired) electrons. The molecule has 150 valence electrons. The minimum atomic E-state index is -0.580. The number of nitrogens with zero attached hydrogens (tertiary/aromatic N) is 1. The van der Waals surface area contributed by atoms with E-state index in [9.17, 15) is 4.79 Å². The number of hydrogen-bond donors (Lipinski definition) is 1. The van der Waals surface area contributed by atoms with E-state index in [1.807, 2.05) is 24.3 Å². The molecule has 0 unspecified atom stereocenters. The van der Waals surface area contributed by atoms with Gasteiger partial charge < -0.3 is 14.8 Å². The number of carbonyl (C=O) groups is 1. The molecular formula is C23H30N2O3. The number of benzene rings is 2. The van der Waals surface area contributed by atoms with Crippen molar-refractivity contribution in [3.8, 4) is 11.5 Å². The third-order valence-electron chi connectivity index (χ3n) is 5.04. The Morgan fingerprint density at radius 2 is 1.75 bits per heavy atom. The standard InChI is InChI=1S/C23H30N2O3/c1-18(28-22-11-7-10-21(15-22)27-2)23(26)24-16-19-8-6-9-20(14-19)17-25-12-4-3-5-13-25/h6-11,14-15,18H,3-5,12-13,16-17H2,1-2H3,(H,24,26)/t18-/m1/s1. The second-order valence-electron chi connectivity index (χ2n) is 7.31. The van der Waals surface area contributed by atoms with Crippen molar-refractivity contribution in [2.75, 3.05) is 20.2 Å². The van der Waals surface area contributed by atoms with Gasteiger partial charge in [0.25, 0.3) is 5.91 Å². The number of likely N-dealkylation sites (tertiary alicyclic amines) is 1. The molecule has 5 heteroatoms. The van der Waals surface area contributed by atoms with Crippen LogP contribution in [0.2, 0.25) is 0 Å². The van der Waals surface area contributed by atoms with Gasteiger partial charge in [-0.1, -0.05) is 36.8 Å². The van der Waals surface area contributed by atoms with Crippen molar-refractivity contribution in [1.29, 1.82) is 0 Å². The number of hydrogen-bond acceptors (Lipinski definition) is 4. The number of methoxy groups -OCH3 is 1. The van der Waals surface area contributed by atoms with Crippen LogP contribution >= 0.6 is 0 Å². The molecule has 1 heterocycles. The van der Waals surface area contributed by atoms with Crippen molar-refractivity contribution in [2.24, 2.45) is 0 Å². The molecule has 1 atom stereocenters. The molecule has 0 bridgehead atoms. The van der Waals surface area contributed by atoms with Crippen molar-refractivity contribution < 1.29 is 14.3 Å². The number of carbonyl (C=O) groups excluding carboxylic acids is 1. The van der Waals surface area contributed by atoms with Gasteiger partial charge >= 0.3 is 0 Å². The van der Waals surface area contributed by atoms with Crippen LogP contribution in [0.5, 0.6) is 11.5 Å². The zero-order chi connectivity index (χ0) is 19.8. The molecule has 0 aliphatic carbocycles. The van der Waals surface area contributed by atoms with E-state index in [4.69, 9.17) is 9.47 Å². The minimum Gasteiger partial charge on any atom is -0.497 e. The highest BCUT2D eigenvalue weighted by atomic mass is 16.5. The summed E-state index contributed by atoms with van der Waals surface area (Å²) in [5, 5.41) is 2.97. The van der Waals surface area contributed by atoms with E-state index < -0.39 is 6.10 Å². The summed E-state index contributed by atoms with van der Waals surface area (Å²) in [6.07, 6.45) is 3.35. The molecule has 1 amide bonds. The van der Waals surface area contributed by atoms with E-state index in [0.717, 1.165) is 12.1 Å². The Kier molecular flexibility index (Phi) is 7.31. The molecule has 1 aliphatic rings. The lowest BCUT2D eigenvalue weighted by Gasteiger charge is -2.26. The molecule has 28 heavy (non-hydrogen) atoms. The van der Waals surface area contributed by atoms with Crippen molar-refractivity contribution in [3.05, 3.63) is 59.7 Å². The summed E-state index contributed by atoms with van der Waals surface area (Å²) < 4.78 is 10.9. The summed E-state index contributed by atoms with van der Waals surface area (Å²) in [6, 6.07) is 15.7. The minimum absolute atomic E-state index is 0.135. The van der Waals surface area contributed by atoms with Gasteiger partial charge in [-0.25, -0.2) is 0 Å². The summed E-state index contributed by atoms with van der Waals surface area (Å²) in [7, 11) is 1.61. The van der Waals surface area contributed by atoms with E-state index in [-0.39, 0.29) is 5.91 Å². The van der Waals surface area contributed by atoms with Crippen LogP contribution in [0.1, 0.15) is 37.3 Å². The molecule has 2 aromatic carbocycles. The van der Waals surface area contributed by atoms with E-state index in [0.29, 0.717) is 18.0 Å². The molecule has 1 aliphatic heterocycles. The Balaban J connectivity index is 1.50. The van der Waals surface area contributed by atoms with Crippen LogP contribution < -0.4 is 14.8 Å². The van der Waals surface area contributed by atoms with E-state index in [1.165, 1.54) is 37.9 Å².